The molecule has 2 aromatic heterocycles. The van der Waals surface area contributed by atoms with E-state index >= 15 is 0 Å². The zero-order valence-electron chi connectivity index (χ0n) is 10.7. The number of benzene rings is 1. The van der Waals surface area contributed by atoms with E-state index in [1.165, 1.54) is 6.26 Å². The average molecular weight is 288 g/mol. The van der Waals surface area contributed by atoms with E-state index < -0.39 is 9.84 Å². The van der Waals surface area contributed by atoms with E-state index in [1.54, 1.807) is 41.1 Å². The summed E-state index contributed by atoms with van der Waals surface area (Å²) in [4.78, 5) is 8.73. The summed E-state index contributed by atoms with van der Waals surface area (Å²) in [6.45, 7) is 0. The monoisotopic (exact) mass is 288 g/mol. The van der Waals surface area contributed by atoms with E-state index in [-0.39, 0.29) is 4.90 Å². The normalized spacial score (nSPS) is 11.8. The van der Waals surface area contributed by atoms with Crippen molar-refractivity contribution in [2.75, 3.05) is 12.0 Å². The number of hydrogen-bond acceptors (Lipinski definition) is 5. The van der Waals surface area contributed by atoms with Crippen molar-refractivity contribution in [1.82, 2.24) is 14.5 Å². The van der Waals surface area contributed by atoms with Crippen LogP contribution in [0.5, 0.6) is 0 Å². The summed E-state index contributed by atoms with van der Waals surface area (Å²) >= 11 is 0. The predicted molar refractivity (Wildman–Crippen MR) is 76.4 cm³/mol. The van der Waals surface area contributed by atoms with Gasteiger partial charge in [0.1, 0.15) is 5.52 Å². The number of hydrogen-bond donors (Lipinski definition) is 1. The third-order valence-corrected chi connectivity index (χ3v) is 4.09. The van der Waals surface area contributed by atoms with Crippen LogP contribution in [0.3, 0.4) is 0 Å². The fourth-order valence-electron chi connectivity index (χ4n) is 2.03. The summed E-state index contributed by atoms with van der Waals surface area (Å²) < 4.78 is 24.6. The second-order valence-corrected chi connectivity index (χ2v) is 6.43. The lowest BCUT2D eigenvalue weighted by Gasteiger charge is -2.06. The summed E-state index contributed by atoms with van der Waals surface area (Å²) in [5, 5.41) is 0. The van der Waals surface area contributed by atoms with Crippen LogP contribution in [0.2, 0.25) is 0 Å². The Morgan fingerprint density at radius 3 is 2.50 bits per heavy atom. The molecular formula is C13H12N4O2S. The van der Waals surface area contributed by atoms with Gasteiger partial charge in [0.05, 0.1) is 10.6 Å². The molecule has 0 atom stereocenters. The van der Waals surface area contributed by atoms with Crippen molar-refractivity contribution in [3.05, 3.63) is 42.6 Å². The molecule has 3 aromatic rings. The third-order valence-electron chi connectivity index (χ3n) is 2.97. The molecule has 0 saturated carbocycles. The quantitative estimate of drug-likeness (QED) is 0.769. The maximum Gasteiger partial charge on any atom is 0.207 e. The third kappa shape index (κ3) is 2.01. The van der Waals surface area contributed by atoms with Gasteiger partial charge in [-0.3, -0.25) is 4.57 Å². The Kier molecular flexibility index (Phi) is 2.72. The maximum atomic E-state index is 11.5. The standard InChI is InChI=1S/C13H12N4O2S/c1-20(18,19)10-6-4-9(5-7-10)17-12-11(16-13(17)14)3-2-8-15-12/h2-8H,1H3,(H2,14,16). The highest BCUT2D eigenvalue weighted by Crippen LogP contribution is 2.22. The van der Waals surface area contributed by atoms with Gasteiger partial charge < -0.3 is 5.73 Å². The minimum absolute atomic E-state index is 0.261. The molecular weight excluding hydrogens is 276 g/mol. The van der Waals surface area contributed by atoms with Gasteiger partial charge in [0, 0.05) is 12.5 Å². The Balaban J connectivity index is 2.19. The number of pyridine rings is 1. The zero-order chi connectivity index (χ0) is 14.3. The molecule has 7 heteroatoms. The molecule has 102 valence electrons. The summed E-state index contributed by atoms with van der Waals surface area (Å²) in [5.41, 5.74) is 7.95. The first-order valence-corrected chi connectivity index (χ1v) is 7.75. The van der Waals surface area contributed by atoms with E-state index in [1.807, 2.05) is 6.07 Å². The van der Waals surface area contributed by atoms with Gasteiger partial charge in [-0.2, -0.15) is 0 Å². The number of anilines is 1. The molecule has 0 saturated heterocycles. The number of nitrogens with two attached hydrogens (primary N) is 1. The Morgan fingerprint density at radius 1 is 1.15 bits per heavy atom. The number of fused-ring (bicyclic) bond motifs is 1. The molecule has 0 unspecified atom stereocenters. The predicted octanol–water partition coefficient (Wildman–Crippen LogP) is 1.41. The lowest BCUT2D eigenvalue weighted by molar-refractivity contribution is 0.602. The fraction of sp³-hybridized carbons (Fsp3) is 0.0769. The first-order chi connectivity index (χ1) is 9.47. The molecule has 3 rings (SSSR count). The molecule has 0 aliphatic heterocycles. The van der Waals surface area contributed by atoms with E-state index in [9.17, 15) is 8.42 Å². The number of aromatic nitrogens is 3. The molecule has 20 heavy (non-hydrogen) atoms. The largest absolute Gasteiger partial charge is 0.369 e. The van der Waals surface area contributed by atoms with E-state index in [4.69, 9.17) is 5.73 Å². The van der Waals surface area contributed by atoms with Crippen LogP contribution >= 0.6 is 0 Å². The average Bonchev–Trinajstić information content (AvgIpc) is 2.73. The summed E-state index contributed by atoms with van der Waals surface area (Å²) in [6, 6.07) is 10.1. The van der Waals surface area contributed by atoms with Crippen LogP contribution < -0.4 is 5.73 Å². The molecule has 0 radical (unpaired) electrons. The summed E-state index contributed by atoms with van der Waals surface area (Å²) in [7, 11) is -3.21. The highest BCUT2D eigenvalue weighted by Gasteiger charge is 2.12. The van der Waals surface area contributed by atoms with Gasteiger partial charge in [-0.1, -0.05) is 0 Å². The van der Waals surface area contributed by atoms with Gasteiger partial charge in [0.25, 0.3) is 0 Å². The Hall–Kier alpha value is -2.41. The van der Waals surface area contributed by atoms with Gasteiger partial charge in [-0.25, -0.2) is 18.4 Å². The number of rotatable bonds is 2. The van der Waals surface area contributed by atoms with Gasteiger partial charge in [-0.15, -0.1) is 0 Å². The van der Waals surface area contributed by atoms with Gasteiger partial charge in [0.2, 0.25) is 5.95 Å². The van der Waals surface area contributed by atoms with Crippen LogP contribution in [0.25, 0.3) is 16.9 Å². The zero-order valence-corrected chi connectivity index (χ0v) is 11.5. The Labute approximate surface area is 115 Å². The van der Waals surface area contributed by atoms with Gasteiger partial charge in [-0.05, 0) is 36.4 Å². The highest BCUT2D eigenvalue weighted by atomic mass is 32.2. The topological polar surface area (TPSA) is 90.9 Å². The summed E-state index contributed by atoms with van der Waals surface area (Å²) in [5.74, 6) is 0.311. The van der Waals surface area contributed by atoms with Crippen LogP contribution in [0.1, 0.15) is 0 Å². The van der Waals surface area contributed by atoms with Crippen molar-refractivity contribution in [1.29, 1.82) is 0 Å². The molecule has 0 bridgehead atoms. The van der Waals surface area contributed by atoms with E-state index in [0.29, 0.717) is 17.1 Å². The first-order valence-electron chi connectivity index (χ1n) is 5.86. The molecule has 6 nitrogen and oxygen atoms in total. The molecule has 0 amide bonds. The minimum atomic E-state index is -3.21. The molecule has 2 heterocycles. The summed E-state index contributed by atoms with van der Waals surface area (Å²) in [6.07, 6.45) is 2.83. The lowest BCUT2D eigenvalue weighted by Crippen LogP contribution is -2.02. The fourth-order valence-corrected chi connectivity index (χ4v) is 2.66. The lowest BCUT2D eigenvalue weighted by atomic mass is 10.3. The van der Waals surface area contributed by atoms with Crippen molar-refractivity contribution >= 4 is 26.9 Å². The van der Waals surface area contributed by atoms with Crippen molar-refractivity contribution in [3.8, 4) is 5.69 Å². The van der Waals surface area contributed by atoms with Crippen molar-refractivity contribution < 1.29 is 8.42 Å². The molecule has 0 aliphatic carbocycles. The number of sulfone groups is 1. The van der Waals surface area contributed by atoms with Gasteiger partial charge >= 0.3 is 0 Å². The smallest absolute Gasteiger partial charge is 0.207 e. The molecule has 2 N–H and O–H groups in total. The van der Waals surface area contributed by atoms with Crippen molar-refractivity contribution in [2.24, 2.45) is 0 Å². The van der Waals surface area contributed by atoms with Crippen molar-refractivity contribution in [2.45, 2.75) is 4.90 Å². The Morgan fingerprint density at radius 2 is 1.85 bits per heavy atom. The number of imidazole rings is 1. The van der Waals surface area contributed by atoms with Crippen LogP contribution in [0.4, 0.5) is 5.95 Å². The van der Waals surface area contributed by atoms with E-state index in [2.05, 4.69) is 9.97 Å². The maximum absolute atomic E-state index is 11.5. The minimum Gasteiger partial charge on any atom is -0.369 e. The highest BCUT2D eigenvalue weighted by molar-refractivity contribution is 7.90. The first kappa shape index (κ1) is 12.6. The van der Waals surface area contributed by atoms with Crippen LogP contribution in [-0.2, 0) is 9.84 Å². The molecule has 0 spiro atoms. The van der Waals surface area contributed by atoms with Gasteiger partial charge in [0.15, 0.2) is 15.5 Å². The van der Waals surface area contributed by atoms with Crippen LogP contribution in [0.15, 0.2) is 47.5 Å². The van der Waals surface area contributed by atoms with Crippen LogP contribution in [-0.4, -0.2) is 29.2 Å². The van der Waals surface area contributed by atoms with Crippen molar-refractivity contribution in [3.63, 3.8) is 0 Å². The molecule has 0 fully saturated rings. The van der Waals surface area contributed by atoms with Crippen LogP contribution in [0, 0.1) is 0 Å². The van der Waals surface area contributed by atoms with E-state index in [0.717, 1.165) is 5.69 Å². The molecule has 0 aliphatic rings. The number of nitrogen functional groups attached to an aromatic ring is 1. The Bertz CT molecular complexity index is 882. The molecule has 1 aromatic carbocycles. The second-order valence-electron chi connectivity index (χ2n) is 4.42. The SMILES string of the molecule is CS(=O)(=O)c1ccc(-n2c(N)nc3cccnc32)cc1. The number of nitrogens with zero attached hydrogens (tertiary/aromatic N) is 3. The second kappa shape index (κ2) is 4.31.